The van der Waals surface area contributed by atoms with E-state index >= 15 is 0 Å². The van der Waals surface area contributed by atoms with E-state index in [9.17, 15) is 29.5 Å². The molecular formula is C22H25N7O6S2. The zero-order chi connectivity index (χ0) is 26.3. The number of anilines is 1. The minimum atomic E-state index is -1.25. The number of nitrogens with two attached hydrogens (primary N) is 1. The lowest BCUT2D eigenvalue weighted by Crippen LogP contribution is -2.71. The fraction of sp³-hybridized carbons (Fsp3) is 0.455. The molecule has 0 radical (unpaired) electrons. The van der Waals surface area contributed by atoms with Gasteiger partial charge in [-0.2, -0.15) is 0 Å². The fourth-order valence-electron chi connectivity index (χ4n) is 4.97. The average Bonchev–Trinajstić information content (AvgIpc) is 3.65. The number of thiazole rings is 1. The topological polar surface area (TPSA) is 199 Å². The second kappa shape index (κ2) is 10.2. The van der Waals surface area contributed by atoms with Gasteiger partial charge >= 0.3 is 5.97 Å². The maximum atomic E-state index is 12.9. The van der Waals surface area contributed by atoms with Crippen LogP contribution < -0.4 is 21.7 Å². The second-order valence-electron chi connectivity index (χ2n) is 9.09. The molecule has 15 heteroatoms. The van der Waals surface area contributed by atoms with Gasteiger partial charge in [-0.1, -0.05) is 16.8 Å². The number of aromatic nitrogens is 1. The highest BCUT2D eigenvalue weighted by molar-refractivity contribution is 8.00. The van der Waals surface area contributed by atoms with Crippen LogP contribution in [0.5, 0.6) is 0 Å². The van der Waals surface area contributed by atoms with Gasteiger partial charge in [-0.25, -0.2) is 9.78 Å². The lowest BCUT2D eigenvalue weighted by molar-refractivity contribution is -0.150. The number of Topliss-reactive ketones (excluding diaryl/α,β-unsaturated/α-hetero) is 1. The fourth-order valence-corrected chi connectivity index (χ4v) is 6.83. The number of allylic oxidation sites excluding steroid dienone is 1. The van der Waals surface area contributed by atoms with Gasteiger partial charge in [0, 0.05) is 30.1 Å². The number of rotatable bonds is 7. The Morgan fingerprint density at radius 3 is 2.81 bits per heavy atom. The molecule has 3 fully saturated rings. The van der Waals surface area contributed by atoms with Crippen LogP contribution in [-0.4, -0.2) is 92.3 Å². The van der Waals surface area contributed by atoms with E-state index in [4.69, 9.17) is 5.73 Å². The molecule has 0 saturated carbocycles. The van der Waals surface area contributed by atoms with Crippen molar-refractivity contribution in [3.05, 3.63) is 34.0 Å². The van der Waals surface area contributed by atoms with Crippen LogP contribution >= 0.6 is 23.1 Å². The summed E-state index contributed by atoms with van der Waals surface area (Å²) in [7, 11) is 0. The molecule has 0 aromatic carbocycles. The molecule has 5 heterocycles. The van der Waals surface area contributed by atoms with Gasteiger partial charge in [-0.3, -0.25) is 19.3 Å². The van der Waals surface area contributed by atoms with Crippen LogP contribution in [-0.2, 0) is 19.2 Å². The first kappa shape index (κ1) is 25.4. The van der Waals surface area contributed by atoms with Crippen LogP contribution in [0, 0.1) is 5.92 Å². The molecule has 37 heavy (non-hydrogen) atoms. The van der Waals surface area contributed by atoms with Gasteiger partial charge in [0.15, 0.2) is 16.6 Å². The zero-order valence-corrected chi connectivity index (χ0v) is 21.1. The number of aliphatic carboxylic acids is 1. The first-order chi connectivity index (χ1) is 17.8. The summed E-state index contributed by atoms with van der Waals surface area (Å²) in [6.45, 7) is 1.98. The van der Waals surface area contributed by atoms with E-state index in [1.165, 1.54) is 22.0 Å². The molecule has 4 atom stereocenters. The lowest BCUT2D eigenvalue weighted by atomic mass is 9.95. The van der Waals surface area contributed by atoms with Crippen molar-refractivity contribution in [2.24, 2.45) is 11.1 Å². The number of carbonyl (C=O) groups is 4. The van der Waals surface area contributed by atoms with Crippen LogP contribution in [0.15, 0.2) is 33.5 Å². The van der Waals surface area contributed by atoms with Crippen LogP contribution in [0.2, 0.25) is 0 Å². The van der Waals surface area contributed by atoms with E-state index in [0.717, 1.165) is 29.9 Å². The molecule has 1 aromatic rings. The van der Waals surface area contributed by atoms with Crippen molar-refractivity contribution >= 4 is 57.5 Å². The van der Waals surface area contributed by atoms with Crippen molar-refractivity contribution < 1.29 is 29.5 Å². The van der Waals surface area contributed by atoms with Crippen molar-refractivity contribution in [1.29, 1.82) is 0 Å². The van der Waals surface area contributed by atoms with Crippen LogP contribution in [0.3, 0.4) is 0 Å². The molecule has 2 unspecified atom stereocenters. The van der Waals surface area contributed by atoms with Gasteiger partial charge < -0.3 is 32.0 Å². The number of oxime groups is 1. The largest absolute Gasteiger partial charge is 0.477 e. The predicted molar refractivity (Wildman–Crippen MR) is 135 cm³/mol. The minimum absolute atomic E-state index is 0.00763. The molecule has 2 amide bonds. The number of thioether (sulfide) groups is 1. The molecule has 3 saturated heterocycles. The van der Waals surface area contributed by atoms with Crippen LogP contribution in [0.25, 0.3) is 0 Å². The van der Waals surface area contributed by atoms with Crippen molar-refractivity contribution in [3.63, 3.8) is 0 Å². The number of nitrogen functional groups attached to an aromatic ring is 1. The summed E-state index contributed by atoms with van der Waals surface area (Å²) in [5.74, 6) is -2.19. The molecule has 13 nitrogen and oxygen atoms in total. The van der Waals surface area contributed by atoms with E-state index in [0.29, 0.717) is 30.8 Å². The third-order valence-electron chi connectivity index (χ3n) is 6.79. The van der Waals surface area contributed by atoms with Gasteiger partial charge in [-0.15, -0.1) is 23.1 Å². The smallest absolute Gasteiger partial charge is 0.352 e. The molecule has 1 aromatic heterocycles. The summed E-state index contributed by atoms with van der Waals surface area (Å²) < 4.78 is 0. The zero-order valence-electron chi connectivity index (χ0n) is 19.5. The van der Waals surface area contributed by atoms with Crippen molar-refractivity contribution in [2.75, 3.05) is 31.1 Å². The summed E-state index contributed by atoms with van der Waals surface area (Å²) in [5, 5.41) is 32.1. The molecule has 7 N–H and O–H groups in total. The monoisotopic (exact) mass is 547 g/mol. The number of carboxylic acids is 1. The predicted octanol–water partition coefficient (Wildman–Crippen LogP) is -0.891. The minimum Gasteiger partial charge on any atom is -0.477 e. The SMILES string of the molecule is Nc1nc(/C(=N/O)C(=O)N[C@@H]2C(=O)N3C(C(=O)O)=C(/C=C4\CNC(C(=O)C5CCNC5)C4)CS[C@H]23)cs1. The van der Waals surface area contributed by atoms with E-state index in [-0.39, 0.29) is 34.3 Å². The molecule has 196 valence electrons. The number of fused-ring (bicyclic) bond motifs is 1. The Bertz CT molecular complexity index is 1250. The molecule has 0 aliphatic carbocycles. The molecule has 0 bridgehead atoms. The number of amides is 2. The van der Waals surface area contributed by atoms with Crippen molar-refractivity contribution in [1.82, 2.24) is 25.8 Å². The quantitative estimate of drug-likeness (QED) is 0.107. The number of hydrogen-bond donors (Lipinski definition) is 6. The number of ketones is 1. The van der Waals surface area contributed by atoms with Crippen molar-refractivity contribution in [2.45, 2.75) is 30.3 Å². The van der Waals surface area contributed by atoms with E-state index in [2.05, 4.69) is 26.1 Å². The summed E-state index contributed by atoms with van der Waals surface area (Å²) in [5.41, 5.74) is 6.49. The Morgan fingerprint density at radius 1 is 1.35 bits per heavy atom. The van der Waals surface area contributed by atoms with E-state index in [1.807, 2.05) is 0 Å². The molecule has 4 aliphatic rings. The highest BCUT2D eigenvalue weighted by Gasteiger charge is 2.54. The Morgan fingerprint density at radius 2 is 2.16 bits per heavy atom. The van der Waals surface area contributed by atoms with Gasteiger partial charge in [0.05, 0.1) is 6.04 Å². The summed E-state index contributed by atoms with van der Waals surface area (Å²) in [6.07, 6.45) is 3.08. The van der Waals surface area contributed by atoms with Gasteiger partial charge in [0.2, 0.25) is 0 Å². The van der Waals surface area contributed by atoms with Crippen LogP contribution in [0.4, 0.5) is 5.13 Å². The average molecular weight is 548 g/mol. The normalized spacial score (nSPS) is 28.9. The molecular weight excluding hydrogens is 522 g/mol. The Balaban J connectivity index is 1.29. The highest BCUT2D eigenvalue weighted by atomic mass is 32.2. The molecule has 4 aliphatic heterocycles. The maximum absolute atomic E-state index is 12.9. The Kier molecular flexibility index (Phi) is 7.02. The summed E-state index contributed by atoms with van der Waals surface area (Å²) in [4.78, 5) is 55.6. The first-order valence-electron chi connectivity index (χ1n) is 11.6. The number of carbonyl (C=O) groups excluding carboxylic acids is 3. The third kappa shape index (κ3) is 4.74. The van der Waals surface area contributed by atoms with E-state index < -0.39 is 34.9 Å². The number of nitrogens with one attached hydrogen (secondary N) is 3. The maximum Gasteiger partial charge on any atom is 0.352 e. The number of carboxylic acid groups (broad SMARTS) is 1. The second-order valence-corrected chi connectivity index (χ2v) is 11.1. The standard InChI is InChI=1S/C22H25N7O6S2/c23-22-26-13(8-37-22)14(28-35)18(31)27-15-19(32)29-16(21(33)34)11(7-36-20(15)29)3-9-4-12(25-5-9)17(30)10-1-2-24-6-10/h3,8,10,12,15,20,24-25,35H,1-2,4-7H2,(H2,23,26)(H,27,31)(H,33,34)/b9-3-,28-14-/t10?,12?,15-,20-/m1/s1. The highest BCUT2D eigenvalue weighted by Crippen LogP contribution is 2.41. The molecule has 5 rings (SSSR count). The number of nitrogens with zero attached hydrogens (tertiary/aromatic N) is 3. The Hall–Kier alpha value is -3.27. The third-order valence-corrected chi connectivity index (χ3v) is 8.77. The lowest BCUT2D eigenvalue weighted by Gasteiger charge is -2.49. The van der Waals surface area contributed by atoms with E-state index in [1.54, 1.807) is 6.08 Å². The van der Waals surface area contributed by atoms with Gasteiger partial charge in [-0.05, 0) is 25.0 Å². The first-order valence-corrected chi connectivity index (χ1v) is 13.5. The van der Waals surface area contributed by atoms with Crippen molar-refractivity contribution in [3.8, 4) is 0 Å². The number of hydrogen-bond acceptors (Lipinski definition) is 12. The Labute approximate surface area is 219 Å². The van der Waals surface area contributed by atoms with Gasteiger partial charge in [0.1, 0.15) is 22.8 Å². The van der Waals surface area contributed by atoms with Gasteiger partial charge in [0.25, 0.3) is 11.8 Å². The van der Waals surface area contributed by atoms with Crippen LogP contribution in [0.1, 0.15) is 18.5 Å². The number of β-lactam (4-membered cyclic amide) rings is 1. The molecule has 0 spiro atoms. The summed E-state index contributed by atoms with van der Waals surface area (Å²) >= 11 is 2.38. The summed E-state index contributed by atoms with van der Waals surface area (Å²) in [6, 6.07) is -1.29.